The van der Waals surface area contributed by atoms with E-state index < -0.39 is 11.7 Å². The Morgan fingerprint density at radius 2 is 1.72 bits per heavy atom. The highest BCUT2D eigenvalue weighted by Crippen LogP contribution is 2.32. The summed E-state index contributed by atoms with van der Waals surface area (Å²) in [5, 5.41) is 0.822. The lowest BCUT2D eigenvalue weighted by Crippen LogP contribution is -2.05. The van der Waals surface area contributed by atoms with E-state index in [0.717, 1.165) is 12.3 Å². The van der Waals surface area contributed by atoms with Crippen molar-refractivity contribution in [3.05, 3.63) is 52.1 Å². The molecule has 1 heterocycles. The van der Waals surface area contributed by atoms with Gasteiger partial charge >= 0.3 is 6.18 Å². The van der Waals surface area contributed by atoms with E-state index in [1.165, 1.54) is 6.07 Å². The molecule has 0 saturated heterocycles. The molecule has 0 unspecified atom stereocenters. The van der Waals surface area contributed by atoms with E-state index in [0.29, 0.717) is 21.3 Å². The van der Waals surface area contributed by atoms with E-state index in [1.54, 1.807) is 18.2 Å². The van der Waals surface area contributed by atoms with Gasteiger partial charge in [0, 0.05) is 16.8 Å². The number of alkyl halides is 3. The Balaban J connectivity index is 2.43. The molecular formula is C12H6Cl2F3N. The van der Waals surface area contributed by atoms with Crippen LogP contribution in [0.5, 0.6) is 0 Å². The molecule has 18 heavy (non-hydrogen) atoms. The van der Waals surface area contributed by atoms with Crippen molar-refractivity contribution in [2.45, 2.75) is 6.18 Å². The second kappa shape index (κ2) is 4.78. The van der Waals surface area contributed by atoms with E-state index in [2.05, 4.69) is 4.98 Å². The Bertz CT molecular complexity index is 565. The van der Waals surface area contributed by atoms with Gasteiger partial charge in [0.1, 0.15) is 0 Å². The van der Waals surface area contributed by atoms with Crippen LogP contribution in [0.4, 0.5) is 13.2 Å². The molecule has 0 aliphatic carbocycles. The highest BCUT2D eigenvalue weighted by molar-refractivity contribution is 6.35. The zero-order valence-corrected chi connectivity index (χ0v) is 10.3. The third kappa shape index (κ3) is 2.76. The quantitative estimate of drug-likeness (QED) is 0.714. The van der Waals surface area contributed by atoms with E-state index in [-0.39, 0.29) is 0 Å². The first-order valence-corrected chi connectivity index (χ1v) is 5.62. The Hall–Kier alpha value is -1.26. The van der Waals surface area contributed by atoms with Crippen LogP contribution in [0.1, 0.15) is 5.56 Å². The number of pyridine rings is 1. The average Bonchev–Trinajstić information content (AvgIpc) is 2.31. The highest BCUT2D eigenvalue weighted by Gasteiger charge is 2.30. The first kappa shape index (κ1) is 13.2. The monoisotopic (exact) mass is 291 g/mol. The van der Waals surface area contributed by atoms with Crippen LogP contribution in [-0.2, 0) is 6.18 Å². The number of hydrogen-bond acceptors (Lipinski definition) is 1. The molecule has 2 rings (SSSR count). The summed E-state index contributed by atoms with van der Waals surface area (Å²) < 4.78 is 37.1. The van der Waals surface area contributed by atoms with Gasteiger partial charge < -0.3 is 0 Å². The van der Waals surface area contributed by atoms with Gasteiger partial charge in [0.25, 0.3) is 0 Å². The van der Waals surface area contributed by atoms with Crippen LogP contribution in [-0.4, -0.2) is 4.98 Å². The van der Waals surface area contributed by atoms with Gasteiger partial charge in [-0.2, -0.15) is 13.2 Å². The molecule has 1 aromatic heterocycles. The van der Waals surface area contributed by atoms with Crippen LogP contribution in [0.2, 0.25) is 10.0 Å². The van der Waals surface area contributed by atoms with Crippen LogP contribution in [0.25, 0.3) is 11.3 Å². The number of benzene rings is 1. The van der Waals surface area contributed by atoms with Crippen LogP contribution in [0.3, 0.4) is 0 Å². The van der Waals surface area contributed by atoms with Crippen molar-refractivity contribution in [3.63, 3.8) is 0 Å². The van der Waals surface area contributed by atoms with Gasteiger partial charge in [-0.3, -0.25) is 4.98 Å². The Morgan fingerprint density at radius 3 is 2.28 bits per heavy atom. The molecular weight excluding hydrogens is 286 g/mol. The predicted molar refractivity (Wildman–Crippen MR) is 64.7 cm³/mol. The van der Waals surface area contributed by atoms with Gasteiger partial charge in [-0.15, -0.1) is 0 Å². The van der Waals surface area contributed by atoms with Crippen LogP contribution < -0.4 is 0 Å². The lowest BCUT2D eigenvalue weighted by Gasteiger charge is -2.08. The second-order valence-electron chi connectivity index (χ2n) is 3.55. The van der Waals surface area contributed by atoms with E-state index in [4.69, 9.17) is 23.2 Å². The van der Waals surface area contributed by atoms with Gasteiger partial charge in [-0.25, -0.2) is 0 Å². The maximum atomic E-state index is 12.4. The fourth-order valence-electron chi connectivity index (χ4n) is 1.41. The molecule has 0 atom stereocenters. The average molecular weight is 292 g/mol. The first-order chi connectivity index (χ1) is 8.38. The molecule has 0 bridgehead atoms. The molecule has 1 nitrogen and oxygen atoms in total. The van der Waals surface area contributed by atoms with E-state index in [9.17, 15) is 13.2 Å². The molecule has 0 spiro atoms. The summed E-state index contributed by atoms with van der Waals surface area (Å²) in [7, 11) is 0. The topological polar surface area (TPSA) is 12.9 Å². The fraction of sp³-hybridized carbons (Fsp3) is 0.0833. The second-order valence-corrected chi connectivity index (χ2v) is 4.40. The van der Waals surface area contributed by atoms with Crippen molar-refractivity contribution in [3.8, 4) is 11.3 Å². The number of aromatic nitrogens is 1. The molecule has 0 aliphatic heterocycles. The number of nitrogens with zero attached hydrogens (tertiary/aromatic N) is 1. The van der Waals surface area contributed by atoms with E-state index >= 15 is 0 Å². The molecule has 0 amide bonds. The SMILES string of the molecule is FC(F)(F)c1ccc(-c2cc(Cl)ccc2Cl)nc1. The fourth-order valence-corrected chi connectivity index (χ4v) is 1.80. The van der Waals surface area contributed by atoms with Gasteiger partial charge in [-0.1, -0.05) is 23.2 Å². The third-order valence-corrected chi connectivity index (χ3v) is 2.86. The summed E-state index contributed by atoms with van der Waals surface area (Å²) in [4.78, 5) is 3.75. The molecule has 1 aromatic carbocycles. The van der Waals surface area contributed by atoms with Crippen molar-refractivity contribution in [2.24, 2.45) is 0 Å². The number of rotatable bonds is 1. The summed E-state index contributed by atoms with van der Waals surface area (Å²) in [5.74, 6) is 0. The molecule has 0 fully saturated rings. The van der Waals surface area contributed by atoms with Crippen molar-refractivity contribution < 1.29 is 13.2 Å². The van der Waals surface area contributed by atoms with Crippen molar-refractivity contribution in [1.29, 1.82) is 0 Å². The normalized spacial score (nSPS) is 11.6. The largest absolute Gasteiger partial charge is 0.417 e. The molecule has 6 heteroatoms. The lowest BCUT2D eigenvalue weighted by molar-refractivity contribution is -0.137. The molecule has 0 saturated carbocycles. The Morgan fingerprint density at radius 1 is 1.00 bits per heavy atom. The number of hydrogen-bond donors (Lipinski definition) is 0. The maximum absolute atomic E-state index is 12.4. The molecule has 94 valence electrons. The van der Waals surface area contributed by atoms with Crippen LogP contribution in [0, 0.1) is 0 Å². The van der Waals surface area contributed by atoms with Crippen LogP contribution >= 0.6 is 23.2 Å². The molecule has 0 radical (unpaired) electrons. The smallest absolute Gasteiger partial charge is 0.256 e. The van der Waals surface area contributed by atoms with Crippen molar-refractivity contribution in [2.75, 3.05) is 0 Å². The van der Waals surface area contributed by atoms with Crippen molar-refractivity contribution >= 4 is 23.2 Å². The highest BCUT2D eigenvalue weighted by atomic mass is 35.5. The maximum Gasteiger partial charge on any atom is 0.417 e. The minimum atomic E-state index is -4.40. The predicted octanol–water partition coefficient (Wildman–Crippen LogP) is 5.07. The molecule has 2 aromatic rings. The van der Waals surface area contributed by atoms with Gasteiger partial charge in [0.15, 0.2) is 0 Å². The van der Waals surface area contributed by atoms with Gasteiger partial charge in [0.2, 0.25) is 0 Å². The first-order valence-electron chi connectivity index (χ1n) is 4.86. The summed E-state index contributed by atoms with van der Waals surface area (Å²) in [6.45, 7) is 0. The zero-order chi connectivity index (χ0) is 13.3. The molecule has 0 aliphatic rings. The minimum absolute atomic E-state index is 0.343. The summed E-state index contributed by atoms with van der Waals surface area (Å²) >= 11 is 11.7. The standard InChI is InChI=1S/C12H6Cl2F3N/c13-8-2-3-10(14)9(5-8)11-4-1-7(6-18-11)12(15,16)17/h1-6H. The lowest BCUT2D eigenvalue weighted by atomic mass is 10.1. The third-order valence-electron chi connectivity index (χ3n) is 2.30. The van der Waals surface area contributed by atoms with Crippen molar-refractivity contribution in [1.82, 2.24) is 4.98 Å². The minimum Gasteiger partial charge on any atom is -0.256 e. The Kier molecular flexibility index (Phi) is 3.50. The zero-order valence-electron chi connectivity index (χ0n) is 8.80. The van der Waals surface area contributed by atoms with Gasteiger partial charge in [-0.05, 0) is 30.3 Å². The summed E-state index contributed by atoms with van der Waals surface area (Å²) in [5.41, 5.74) is 0.0396. The van der Waals surface area contributed by atoms with Crippen LogP contribution in [0.15, 0.2) is 36.5 Å². The van der Waals surface area contributed by atoms with E-state index in [1.807, 2.05) is 0 Å². The number of halogens is 5. The van der Waals surface area contributed by atoms with Gasteiger partial charge in [0.05, 0.1) is 16.3 Å². The molecule has 0 N–H and O–H groups in total. The Labute approximate surface area is 111 Å². The summed E-state index contributed by atoms with van der Waals surface area (Å²) in [6, 6.07) is 6.94. The summed E-state index contributed by atoms with van der Waals surface area (Å²) in [6.07, 6.45) is -3.63.